The summed E-state index contributed by atoms with van der Waals surface area (Å²) in [5, 5.41) is 4.00. The zero-order valence-corrected chi connectivity index (χ0v) is 15.0. The Morgan fingerprint density at radius 3 is 2.31 bits per heavy atom. The molecule has 132 valence electrons. The first-order valence-corrected chi connectivity index (χ1v) is 8.97. The van der Waals surface area contributed by atoms with Gasteiger partial charge in [0.15, 0.2) is 0 Å². The van der Waals surface area contributed by atoms with Crippen molar-refractivity contribution < 1.29 is 0 Å². The predicted octanol–water partition coefficient (Wildman–Crippen LogP) is 5.84. The van der Waals surface area contributed by atoms with E-state index in [1.807, 2.05) is 52.9 Å². The van der Waals surface area contributed by atoms with E-state index in [-0.39, 0.29) is 11.6 Å². The van der Waals surface area contributed by atoms with Gasteiger partial charge in [-0.1, -0.05) is 55.6 Å². The maximum atomic E-state index is 7.43. The second kappa shape index (κ2) is 5.48. The lowest BCUT2D eigenvalue weighted by molar-refractivity contribution is 1.22. The molecule has 0 fully saturated rings. The van der Waals surface area contributed by atoms with Gasteiger partial charge in [-0.05, 0) is 29.0 Å². The Labute approximate surface area is 164 Å². The summed E-state index contributed by atoms with van der Waals surface area (Å²) in [4.78, 5) is 20.8. The molecule has 0 bridgehead atoms. The number of hydrogen-bond acceptors (Lipinski definition) is 3. The largest absolute Gasteiger partial charge is 0.370 e. The summed E-state index contributed by atoms with van der Waals surface area (Å²) in [6.07, 6.45) is 0. The van der Waals surface area contributed by atoms with Crippen LogP contribution in [0.4, 0.5) is 11.6 Å². The minimum absolute atomic E-state index is 0.00622. The van der Waals surface area contributed by atoms with E-state index < -0.39 is 0 Å². The Hall–Kier alpha value is -4.55. The van der Waals surface area contributed by atoms with Gasteiger partial charge in [0.05, 0.1) is 11.0 Å². The Kier molecular flexibility index (Phi) is 2.93. The molecule has 0 unspecified atom stereocenters. The van der Waals surface area contributed by atoms with Crippen molar-refractivity contribution in [1.29, 1.82) is 0 Å². The lowest BCUT2D eigenvalue weighted by atomic mass is 10.0. The molecule has 6 nitrogen and oxygen atoms in total. The minimum Gasteiger partial charge on any atom is -0.370 e. The molecule has 6 rings (SSSR count). The summed E-state index contributed by atoms with van der Waals surface area (Å²) in [7, 11) is 0. The Bertz CT molecular complexity index is 1730. The zero-order chi connectivity index (χ0) is 19.5. The Morgan fingerprint density at radius 2 is 1.45 bits per heavy atom. The van der Waals surface area contributed by atoms with Crippen LogP contribution in [0, 0.1) is 13.1 Å². The van der Waals surface area contributed by atoms with E-state index in [2.05, 4.69) is 31.8 Å². The number of benzene rings is 3. The first kappa shape index (κ1) is 15.5. The van der Waals surface area contributed by atoms with Gasteiger partial charge >= 0.3 is 0 Å². The number of rotatable bonds is 0. The van der Waals surface area contributed by atoms with Crippen LogP contribution in [0.25, 0.3) is 59.1 Å². The number of aromatic nitrogens is 4. The molecule has 0 spiro atoms. The fourth-order valence-corrected chi connectivity index (χ4v) is 4.01. The van der Waals surface area contributed by atoms with Gasteiger partial charge in [-0.15, -0.1) is 9.97 Å². The molecule has 0 saturated carbocycles. The van der Waals surface area contributed by atoms with Crippen LogP contribution in [0.2, 0.25) is 0 Å². The topological polar surface area (TPSA) is 51.8 Å². The summed E-state index contributed by atoms with van der Waals surface area (Å²) >= 11 is 0. The van der Waals surface area contributed by atoms with Crippen LogP contribution in [-0.4, -0.2) is 19.4 Å². The van der Waals surface area contributed by atoms with E-state index in [0.29, 0.717) is 11.2 Å². The maximum Gasteiger partial charge on any atom is 0.295 e. The fraction of sp³-hybridized carbons (Fsp3) is 0. The smallest absolute Gasteiger partial charge is 0.295 e. The second-order valence-corrected chi connectivity index (χ2v) is 6.74. The third kappa shape index (κ3) is 1.95. The molecule has 0 aliphatic carbocycles. The van der Waals surface area contributed by atoms with Crippen molar-refractivity contribution in [3.05, 3.63) is 83.5 Å². The molecule has 0 saturated heterocycles. The molecule has 0 aliphatic rings. The number of fused-ring (bicyclic) bond motifs is 10. The van der Waals surface area contributed by atoms with Gasteiger partial charge in [-0.3, -0.25) is 4.40 Å². The molecule has 0 atom stereocenters. The van der Waals surface area contributed by atoms with Gasteiger partial charge in [0.2, 0.25) is 5.52 Å². The van der Waals surface area contributed by atoms with E-state index in [0.717, 1.165) is 38.2 Å². The van der Waals surface area contributed by atoms with Gasteiger partial charge in [-0.2, -0.15) is 0 Å². The van der Waals surface area contributed by atoms with Gasteiger partial charge in [0.25, 0.3) is 17.3 Å². The molecule has 29 heavy (non-hydrogen) atoms. The number of pyridine rings is 1. The first-order valence-electron chi connectivity index (χ1n) is 8.97. The fourth-order valence-electron chi connectivity index (χ4n) is 4.01. The minimum atomic E-state index is 0.00622. The van der Waals surface area contributed by atoms with Crippen LogP contribution in [-0.2, 0) is 0 Å². The van der Waals surface area contributed by atoms with Crippen LogP contribution in [0.15, 0.2) is 60.7 Å². The molecule has 6 heteroatoms. The number of nitrogens with zero attached hydrogens (tertiary/aromatic N) is 6. The molecule has 0 amide bonds. The molecule has 3 aromatic carbocycles. The Balaban J connectivity index is 2.04. The molecule has 0 radical (unpaired) electrons. The van der Waals surface area contributed by atoms with Gasteiger partial charge in [0.1, 0.15) is 5.65 Å². The van der Waals surface area contributed by atoms with Crippen molar-refractivity contribution in [3.8, 4) is 0 Å². The summed E-state index contributed by atoms with van der Waals surface area (Å²) < 4.78 is 1.95. The zero-order valence-electron chi connectivity index (χ0n) is 15.0. The molecule has 3 aromatic heterocycles. The average Bonchev–Trinajstić information content (AvgIpc) is 3.17. The van der Waals surface area contributed by atoms with Gasteiger partial charge in [-0.25, -0.2) is 4.98 Å². The summed E-state index contributed by atoms with van der Waals surface area (Å²) in [5.74, 6) is 0.0254. The molecular formula is C23H10N6. The highest BCUT2D eigenvalue weighted by Gasteiger charge is 2.23. The summed E-state index contributed by atoms with van der Waals surface area (Å²) in [6.45, 7) is 14.8. The standard InChI is InChI=1S/C23H10N6/c1-24-20-21(25-2)28-23-19(27-20)15-12-11-13-7-3-4-8-14(13)18(15)22-26-16-9-5-6-10-17(16)29(22)23/h3-12H. The monoisotopic (exact) mass is 370 g/mol. The number of para-hydroxylation sites is 2. The van der Waals surface area contributed by atoms with E-state index in [9.17, 15) is 0 Å². The normalized spacial score (nSPS) is 11.4. The highest BCUT2D eigenvalue weighted by Crippen LogP contribution is 2.37. The van der Waals surface area contributed by atoms with Crippen molar-refractivity contribution in [2.45, 2.75) is 0 Å². The van der Waals surface area contributed by atoms with Crippen LogP contribution < -0.4 is 0 Å². The molecule has 3 heterocycles. The highest BCUT2D eigenvalue weighted by atomic mass is 15.1. The molecular weight excluding hydrogens is 360 g/mol. The summed E-state index contributed by atoms with van der Waals surface area (Å²) in [5.41, 5.74) is 3.64. The van der Waals surface area contributed by atoms with Crippen molar-refractivity contribution in [2.24, 2.45) is 0 Å². The molecule has 0 N–H and O–H groups in total. The molecule has 0 aliphatic heterocycles. The maximum absolute atomic E-state index is 7.43. The average molecular weight is 370 g/mol. The van der Waals surface area contributed by atoms with Crippen molar-refractivity contribution in [3.63, 3.8) is 0 Å². The van der Waals surface area contributed by atoms with Crippen molar-refractivity contribution in [1.82, 2.24) is 19.4 Å². The van der Waals surface area contributed by atoms with Gasteiger partial charge in [0, 0.05) is 10.8 Å². The third-order valence-corrected chi connectivity index (χ3v) is 5.23. The second-order valence-electron chi connectivity index (χ2n) is 6.74. The number of hydrogen-bond donors (Lipinski definition) is 0. The first-order chi connectivity index (χ1) is 14.3. The summed E-state index contributed by atoms with van der Waals surface area (Å²) in [6, 6.07) is 20.0. The lowest BCUT2D eigenvalue weighted by Crippen LogP contribution is -1.97. The van der Waals surface area contributed by atoms with Crippen LogP contribution in [0.3, 0.4) is 0 Å². The van der Waals surface area contributed by atoms with Crippen molar-refractivity contribution in [2.75, 3.05) is 0 Å². The van der Waals surface area contributed by atoms with Crippen LogP contribution >= 0.6 is 0 Å². The van der Waals surface area contributed by atoms with E-state index in [4.69, 9.17) is 18.1 Å². The van der Waals surface area contributed by atoms with E-state index >= 15 is 0 Å². The molecule has 6 aromatic rings. The van der Waals surface area contributed by atoms with E-state index in [1.54, 1.807) is 0 Å². The van der Waals surface area contributed by atoms with Crippen molar-refractivity contribution >= 4 is 61.0 Å². The number of imidazole rings is 1. The van der Waals surface area contributed by atoms with E-state index in [1.165, 1.54) is 0 Å². The predicted molar refractivity (Wildman–Crippen MR) is 113 cm³/mol. The highest BCUT2D eigenvalue weighted by molar-refractivity contribution is 6.22. The third-order valence-electron chi connectivity index (χ3n) is 5.23. The van der Waals surface area contributed by atoms with Crippen LogP contribution in [0.5, 0.6) is 0 Å². The lowest BCUT2D eigenvalue weighted by Gasteiger charge is -2.07. The van der Waals surface area contributed by atoms with Gasteiger partial charge < -0.3 is 9.69 Å². The van der Waals surface area contributed by atoms with Crippen LogP contribution in [0.1, 0.15) is 0 Å². The quantitative estimate of drug-likeness (QED) is 0.249. The Morgan fingerprint density at radius 1 is 0.690 bits per heavy atom. The SMILES string of the molecule is [C-]#[N+]c1nc2c3ccc4ccccc4c3c3nc4ccccc4n3c2nc1[N+]#[C-].